The summed E-state index contributed by atoms with van der Waals surface area (Å²) in [6, 6.07) is 6.29. The van der Waals surface area contributed by atoms with Crippen LogP contribution in [-0.4, -0.2) is 67.9 Å². The lowest BCUT2D eigenvalue weighted by molar-refractivity contribution is -0.143. The first kappa shape index (κ1) is 22.1. The van der Waals surface area contributed by atoms with E-state index in [1.54, 1.807) is 29.1 Å². The lowest BCUT2D eigenvalue weighted by Gasteiger charge is -2.30. The van der Waals surface area contributed by atoms with Crippen LogP contribution >= 0.6 is 12.2 Å². The molecule has 10 heteroatoms. The van der Waals surface area contributed by atoms with Crippen molar-refractivity contribution < 1.29 is 22.7 Å². The SMILES string of the molecule is CCOC(=O)CCNC(=S)N1CCCN1C(=O)Cc1ccc(S(C)(=O)=O)cc1. The molecule has 8 nitrogen and oxygen atoms in total. The molecule has 0 bridgehead atoms. The third-order valence-electron chi connectivity index (χ3n) is 4.17. The zero-order valence-electron chi connectivity index (χ0n) is 16.0. The Bertz CT molecular complexity index is 824. The van der Waals surface area contributed by atoms with E-state index in [1.807, 2.05) is 0 Å². The molecule has 0 atom stereocenters. The van der Waals surface area contributed by atoms with Crippen molar-refractivity contribution in [1.29, 1.82) is 0 Å². The summed E-state index contributed by atoms with van der Waals surface area (Å²) in [5, 5.41) is 6.66. The van der Waals surface area contributed by atoms with Gasteiger partial charge in [0.05, 0.1) is 24.3 Å². The van der Waals surface area contributed by atoms with E-state index in [-0.39, 0.29) is 29.6 Å². The summed E-state index contributed by atoms with van der Waals surface area (Å²) in [4.78, 5) is 24.3. The smallest absolute Gasteiger partial charge is 0.307 e. The number of hydrogen-bond donors (Lipinski definition) is 1. The quantitative estimate of drug-likeness (QED) is 0.507. The molecule has 1 aliphatic rings. The van der Waals surface area contributed by atoms with E-state index >= 15 is 0 Å². The Labute approximate surface area is 170 Å². The van der Waals surface area contributed by atoms with Crippen LogP contribution in [0.2, 0.25) is 0 Å². The number of thiocarbonyl (C=S) groups is 1. The van der Waals surface area contributed by atoms with Gasteiger partial charge in [-0.2, -0.15) is 0 Å². The first-order chi connectivity index (χ1) is 13.2. The van der Waals surface area contributed by atoms with Gasteiger partial charge in [0.15, 0.2) is 14.9 Å². The van der Waals surface area contributed by atoms with Crippen LogP contribution in [0.4, 0.5) is 0 Å². The Kier molecular flexibility index (Phi) is 7.76. The van der Waals surface area contributed by atoms with Crippen molar-refractivity contribution in [2.75, 3.05) is 32.5 Å². The van der Waals surface area contributed by atoms with E-state index in [4.69, 9.17) is 17.0 Å². The molecule has 1 fully saturated rings. The molecule has 1 aromatic carbocycles. The summed E-state index contributed by atoms with van der Waals surface area (Å²) in [5.74, 6) is -0.427. The van der Waals surface area contributed by atoms with Gasteiger partial charge in [0.2, 0.25) is 5.91 Å². The van der Waals surface area contributed by atoms with Gasteiger partial charge >= 0.3 is 5.97 Å². The van der Waals surface area contributed by atoms with E-state index in [0.717, 1.165) is 18.2 Å². The average Bonchev–Trinajstić information content (AvgIpc) is 3.11. The summed E-state index contributed by atoms with van der Waals surface area (Å²) >= 11 is 5.35. The number of esters is 1. The maximum absolute atomic E-state index is 12.7. The van der Waals surface area contributed by atoms with Gasteiger partial charge in [-0.05, 0) is 43.3 Å². The van der Waals surface area contributed by atoms with Gasteiger partial charge < -0.3 is 10.1 Å². The highest BCUT2D eigenvalue weighted by Crippen LogP contribution is 2.15. The van der Waals surface area contributed by atoms with Gasteiger partial charge in [0.1, 0.15) is 0 Å². The van der Waals surface area contributed by atoms with Crippen molar-refractivity contribution in [3.05, 3.63) is 29.8 Å². The monoisotopic (exact) mass is 427 g/mol. The maximum atomic E-state index is 12.7. The van der Waals surface area contributed by atoms with Crippen molar-refractivity contribution in [3.63, 3.8) is 0 Å². The molecule has 2 rings (SSSR count). The van der Waals surface area contributed by atoms with Gasteiger partial charge in [-0.1, -0.05) is 12.1 Å². The van der Waals surface area contributed by atoms with Gasteiger partial charge in [-0.3, -0.25) is 19.6 Å². The van der Waals surface area contributed by atoms with E-state index in [1.165, 1.54) is 12.1 Å². The summed E-state index contributed by atoms with van der Waals surface area (Å²) in [7, 11) is -3.26. The van der Waals surface area contributed by atoms with Crippen LogP contribution in [0.25, 0.3) is 0 Å². The van der Waals surface area contributed by atoms with Crippen molar-refractivity contribution in [1.82, 2.24) is 15.3 Å². The van der Waals surface area contributed by atoms with Crippen LogP contribution in [0, 0.1) is 0 Å². The summed E-state index contributed by atoms with van der Waals surface area (Å²) in [6.07, 6.45) is 2.28. The highest BCUT2D eigenvalue weighted by molar-refractivity contribution is 7.90. The lowest BCUT2D eigenvalue weighted by atomic mass is 10.1. The highest BCUT2D eigenvalue weighted by Gasteiger charge is 2.28. The van der Waals surface area contributed by atoms with Crippen LogP contribution in [0.5, 0.6) is 0 Å². The number of ether oxygens (including phenoxy) is 1. The molecule has 0 spiro atoms. The second-order valence-electron chi connectivity index (χ2n) is 6.37. The number of hydrazine groups is 1. The van der Waals surface area contributed by atoms with Crippen molar-refractivity contribution in [2.45, 2.75) is 31.1 Å². The number of nitrogens with zero attached hydrogens (tertiary/aromatic N) is 2. The molecule has 28 heavy (non-hydrogen) atoms. The average molecular weight is 428 g/mol. The third-order valence-corrected chi connectivity index (χ3v) is 5.65. The van der Waals surface area contributed by atoms with E-state index in [2.05, 4.69) is 5.32 Å². The Morgan fingerprint density at radius 3 is 2.43 bits per heavy atom. The summed E-state index contributed by atoms with van der Waals surface area (Å²) < 4.78 is 27.9. The van der Waals surface area contributed by atoms with E-state index in [0.29, 0.717) is 31.4 Å². The van der Waals surface area contributed by atoms with Gasteiger partial charge in [-0.15, -0.1) is 0 Å². The highest BCUT2D eigenvalue weighted by atomic mass is 32.2. The van der Waals surface area contributed by atoms with Crippen molar-refractivity contribution >= 4 is 39.0 Å². The van der Waals surface area contributed by atoms with Crippen LogP contribution in [-0.2, 0) is 30.6 Å². The molecule has 0 saturated carbocycles. The minimum absolute atomic E-state index is 0.126. The zero-order chi connectivity index (χ0) is 20.7. The molecule has 1 aliphatic heterocycles. The Balaban J connectivity index is 1.91. The Morgan fingerprint density at radius 2 is 1.82 bits per heavy atom. The van der Waals surface area contributed by atoms with Crippen molar-refractivity contribution in [2.24, 2.45) is 0 Å². The molecule has 1 amide bonds. The van der Waals surface area contributed by atoms with Gasteiger partial charge in [0, 0.05) is 25.9 Å². The summed E-state index contributed by atoms with van der Waals surface area (Å²) in [6.45, 7) is 3.59. The maximum Gasteiger partial charge on any atom is 0.307 e. The summed E-state index contributed by atoms with van der Waals surface area (Å²) in [5.41, 5.74) is 0.727. The first-order valence-electron chi connectivity index (χ1n) is 9.02. The molecule has 1 N–H and O–H groups in total. The number of rotatable bonds is 7. The van der Waals surface area contributed by atoms with Gasteiger partial charge in [0.25, 0.3) is 0 Å². The number of nitrogens with one attached hydrogen (secondary N) is 1. The van der Waals surface area contributed by atoms with Crippen LogP contribution in [0.1, 0.15) is 25.3 Å². The zero-order valence-corrected chi connectivity index (χ0v) is 17.6. The molecule has 0 aromatic heterocycles. The third kappa shape index (κ3) is 6.16. The minimum Gasteiger partial charge on any atom is -0.466 e. The second kappa shape index (κ2) is 9.83. The second-order valence-corrected chi connectivity index (χ2v) is 8.78. The fourth-order valence-corrected chi connectivity index (χ4v) is 3.72. The Morgan fingerprint density at radius 1 is 1.18 bits per heavy atom. The fourth-order valence-electron chi connectivity index (χ4n) is 2.80. The number of carbonyl (C=O) groups is 2. The predicted molar refractivity (Wildman–Crippen MR) is 108 cm³/mol. The largest absolute Gasteiger partial charge is 0.466 e. The number of benzene rings is 1. The molecular weight excluding hydrogens is 402 g/mol. The standard InChI is InChI=1S/C18H25N3O5S2/c1-3-26-17(23)9-10-19-18(27)21-12-4-11-20(21)16(22)13-14-5-7-15(8-6-14)28(2,24)25/h5-8H,3-4,9-13H2,1-2H3,(H,19,27). The molecule has 0 radical (unpaired) electrons. The molecule has 154 valence electrons. The first-order valence-corrected chi connectivity index (χ1v) is 11.3. The predicted octanol–water partition coefficient (Wildman–Crippen LogP) is 0.910. The van der Waals surface area contributed by atoms with Crippen LogP contribution in [0.3, 0.4) is 0 Å². The van der Waals surface area contributed by atoms with E-state index < -0.39 is 9.84 Å². The van der Waals surface area contributed by atoms with E-state index in [9.17, 15) is 18.0 Å². The molecule has 1 heterocycles. The lowest BCUT2D eigenvalue weighted by Crippen LogP contribution is -2.49. The molecular formula is C18H25N3O5S2. The normalized spacial score (nSPS) is 14.1. The molecule has 0 unspecified atom stereocenters. The minimum atomic E-state index is -3.26. The van der Waals surface area contributed by atoms with Crippen molar-refractivity contribution in [3.8, 4) is 0 Å². The molecule has 1 aromatic rings. The van der Waals surface area contributed by atoms with Crippen LogP contribution in [0.15, 0.2) is 29.2 Å². The fraction of sp³-hybridized carbons (Fsp3) is 0.500. The number of carbonyl (C=O) groups excluding carboxylic acids is 2. The number of hydrogen-bond acceptors (Lipinski definition) is 6. The Hall–Kier alpha value is -2.20. The van der Waals surface area contributed by atoms with Gasteiger partial charge in [-0.25, -0.2) is 8.42 Å². The molecule has 0 aliphatic carbocycles. The molecule has 1 saturated heterocycles. The number of amides is 1. The topological polar surface area (TPSA) is 96.0 Å². The number of sulfone groups is 1. The van der Waals surface area contributed by atoms with Crippen LogP contribution < -0.4 is 5.32 Å².